The van der Waals surface area contributed by atoms with Crippen LogP contribution in [-0.2, 0) is 0 Å². The topological polar surface area (TPSA) is 63.2 Å². The van der Waals surface area contributed by atoms with Crippen molar-refractivity contribution in [1.29, 1.82) is 0 Å². The van der Waals surface area contributed by atoms with Gasteiger partial charge in [-0.3, -0.25) is 4.79 Å². The second kappa shape index (κ2) is 4.94. The Hall–Kier alpha value is -1.62. The maximum absolute atomic E-state index is 11.2. The van der Waals surface area contributed by atoms with E-state index in [1.165, 1.54) is 0 Å². The zero-order valence-corrected chi connectivity index (χ0v) is 9.19. The second-order valence-electron chi connectivity index (χ2n) is 3.69. The first kappa shape index (κ1) is 10.9. The number of nitrogens with one attached hydrogen (secondary N) is 2. The Labute approximate surface area is 94.2 Å². The second-order valence-corrected chi connectivity index (χ2v) is 3.69. The number of aromatic nitrogens is 1. The molecular formula is C11H15N3O2. The Bertz CT molecular complexity index is 358. The summed E-state index contributed by atoms with van der Waals surface area (Å²) >= 11 is 0. The summed E-state index contributed by atoms with van der Waals surface area (Å²) < 4.78 is 5.69. The number of ether oxygens (including phenoxy) is 1. The molecule has 0 saturated carbocycles. The largest absolute Gasteiger partial charge is 0.487 e. The van der Waals surface area contributed by atoms with Crippen LogP contribution in [0, 0.1) is 0 Å². The van der Waals surface area contributed by atoms with Gasteiger partial charge in [-0.05, 0) is 25.1 Å². The number of carbonyl (C=O) groups is 1. The van der Waals surface area contributed by atoms with E-state index in [1.54, 1.807) is 25.4 Å². The molecule has 86 valence electrons. The molecule has 0 aromatic carbocycles. The molecule has 1 aliphatic heterocycles. The number of amides is 1. The molecule has 1 aromatic heterocycles. The van der Waals surface area contributed by atoms with Gasteiger partial charge in [-0.2, -0.15) is 0 Å². The molecule has 1 fully saturated rings. The van der Waals surface area contributed by atoms with Crippen LogP contribution in [0.1, 0.15) is 16.9 Å². The van der Waals surface area contributed by atoms with E-state index < -0.39 is 0 Å². The zero-order valence-electron chi connectivity index (χ0n) is 9.19. The molecule has 1 aliphatic rings. The van der Waals surface area contributed by atoms with Crippen LogP contribution in [0.4, 0.5) is 0 Å². The number of hydrogen-bond donors (Lipinski definition) is 2. The first-order valence-corrected chi connectivity index (χ1v) is 5.35. The average Bonchev–Trinajstić information content (AvgIpc) is 2.82. The van der Waals surface area contributed by atoms with E-state index in [1.807, 2.05) is 0 Å². The molecule has 2 heterocycles. The summed E-state index contributed by atoms with van der Waals surface area (Å²) in [5.41, 5.74) is 0.402. The minimum Gasteiger partial charge on any atom is -0.487 e. The van der Waals surface area contributed by atoms with Gasteiger partial charge in [0.05, 0.1) is 6.20 Å². The van der Waals surface area contributed by atoms with Crippen LogP contribution in [0.3, 0.4) is 0 Å². The molecule has 5 nitrogen and oxygen atoms in total. The van der Waals surface area contributed by atoms with Gasteiger partial charge in [-0.1, -0.05) is 0 Å². The van der Waals surface area contributed by atoms with E-state index in [9.17, 15) is 4.79 Å². The summed E-state index contributed by atoms with van der Waals surface area (Å²) in [7, 11) is 1.58. The Morgan fingerprint density at radius 1 is 1.62 bits per heavy atom. The summed E-state index contributed by atoms with van der Waals surface area (Å²) in [6, 6.07) is 3.44. The summed E-state index contributed by atoms with van der Waals surface area (Å²) in [5, 5.41) is 5.74. The minimum absolute atomic E-state index is 0.186. The van der Waals surface area contributed by atoms with Crippen LogP contribution in [0.15, 0.2) is 18.3 Å². The van der Waals surface area contributed by atoms with Gasteiger partial charge in [0.2, 0.25) is 0 Å². The van der Waals surface area contributed by atoms with E-state index in [0.717, 1.165) is 19.5 Å². The molecule has 1 atom stereocenters. The number of nitrogens with zero attached hydrogens (tertiary/aromatic N) is 1. The number of carbonyl (C=O) groups excluding carboxylic acids is 1. The van der Waals surface area contributed by atoms with Crippen molar-refractivity contribution in [2.24, 2.45) is 0 Å². The van der Waals surface area contributed by atoms with Crippen molar-refractivity contribution in [2.75, 3.05) is 20.1 Å². The molecule has 0 unspecified atom stereocenters. The van der Waals surface area contributed by atoms with E-state index in [0.29, 0.717) is 11.4 Å². The molecular weight excluding hydrogens is 206 g/mol. The van der Waals surface area contributed by atoms with Crippen molar-refractivity contribution >= 4 is 5.91 Å². The third-order valence-corrected chi connectivity index (χ3v) is 2.51. The lowest BCUT2D eigenvalue weighted by molar-refractivity contribution is 0.0958. The maximum Gasteiger partial charge on any atom is 0.269 e. The third kappa shape index (κ3) is 2.49. The fourth-order valence-electron chi connectivity index (χ4n) is 1.63. The quantitative estimate of drug-likeness (QED) is 0.764. The lowest BCUT2D eigenvalue weighted by Crippen LogP contribution is -2.21. The monoisotopic (exact) mass is 221 g/mol. The van der Waals surface area contributed by atoms with Gasteiger partial charge in [-0.25, -0.2) is 4.98 Å². The predicted octanol–water partition coefficient (Wildman–Crippen LogP) is 0.182. The fraction of sp³-hybridized carbons (Fsp3) is 0.455. The Morgan fingerprint density at radius 2 is 2.50 bits per heavy atom. The molecule has 0 aliphatic carbocycles. The molecule has 1 amide bonds. The average molecular weight is 221 g/mol. The van der Waals surface area contributed by atoms with E-state index in [4.69, 9.17) is 4.74 Å². The highest BCUT2D eigenvalue weighted by Crippen LogP contribution is 2.14. The van der Waals surface area contributed by atoms with Gasteiger partial charge in [0.25, 0.3) is 5.91 Å². The Morgan fingerprint density at radius 3 is 3.06 bits per heavy atom. The van der Waals surface area contributed by atoms with Gasteiger partial charge in [0.15, 0.2) is 0 Å². The molecule has 1 aromatic rings. The van der Waals surface area contributed by atoms with Crippen LogP contribution in [0.5, 0.6) is 5.75 Å². The van der Waals surface area contributed by atoms with Crippen LogP contribution in [0.25, 0.3) is 0 Å². The van der Waals surface area contributed by atoms with Crippen LogP contribution in [0.2, 0.25) is 0 Å². The highest BCUT2D eigenvalue weighted by molar-refractivity contribution is 5.91. The standard InChI is InChI=1S/C11H15N3O2/c1-12-11(15)10-3-2-8(7-14-10)16-9-4-5-13-6-9/h2-3,7,9,13H,4-6H2,1H3,(H,12,15)/t9-/m1/s1. The van der Waals surface area contributed by atoms with Crippen molar-refractivity contribution in [3.63, 3.8) is 0 Å². The lowest BCUT2D eigenvalue weighted by Gasteiger charge is -2.11. The minimum atomic E-state index is -0.186. The first-order valence-electron chi connectivity index (χ1n) is 5.35. The summed E-state index contributed by atoms with van der Waals surface area (Å²) in [6.07, 6.45) is 2.81. The SMILES string of the molecule is CNC(=O)c1ccc(O[C@@H]2CCNC2)cn1. The molecule has 5 heteroatoms. The van der Waals surface area contributed by atoms with Gasteiger partial charge in [-0.15, -0.1) is 0 Å². The van der Waals surface area contributed by atoms with Crippen molar-refractivity contribution in [3.8, 4) is 5.75 Å². The molecule has 2 rings (SSSR count). The van der Waals surface area contributed by atoms with Gasteiger partial charge < -0.3 is 15.4 Å². The van der Waals surface area contributed by atoms with Crippen molar-refractivity contribution in [1.82, 2.24) is 15.6 Å². The van der Waals surface area contributed by atoms with Crippen LogP contribution >= 0.6 is 0 Å². The first-order chi connectivity index (χ1) is 7.79. The fourth-order valence-corrected chi connectivity index (χ4v) is 1.63. The normalized spacial score (nSPS) is 19.4. The Kier molecular flexibility index (Phi) is 3.36. The van der Waals surface area contributed by atoms with Crippen molar-refractivity contribution in [2.45, 2.75) is 12.5 Å². The van der Waals surface area contributed by atoms with E-state index >= 15 is 0 Å². The molecule has 1 saturated heterocycles. The molecule has 2 N–H and O–H groups in total. The number of hydrogen-bond acceptors (Lipinski definition) is 4. The van der Waals surface area contributed by atoms with Crippen molar-refractivity contribution in [3.05, 3.63) is 24.0 Å². The summed E-state index contributed by atoms with van der Waals surface area (Å²) in [4.78, 5) is 15.3. The van der Waals surface area contributed by atoms with Gasteiger partial charge in [0.1, 0.15) is 17.5 Å². The molecule has 0 radical (unpaired) electrons. The van der Waals surface area contributed by atoms with Crippen LogP contribution in [-0.4, -0.2) is 37.1 Å². The van der Waals surface area contributed by atoms with Crippen molar-refractivity contribution < 1.29 is 9.53 Å². The Balaban J connectivity index is 1.98. The summed E-state index contributed by atoms with van der Waals surface area (Å²) in [5.74, 6) is 0.524. The molecule has 0 bridgehead atoms. The van der Waals surface area contributed by atoms with Gasteiger partial charge in [0, 0.05) is 13.6 Å². The highest BCUT2D eigenvalue weighted by Gasteiger charge is 2.16. The summed E-state index contributed by atoms with van der Waals surface area (Å²) in [6.45, 7) is 1.87. The molecule has 16 heavy (non-hydrogen) atoms. The third-order valence-electron chi connectivity index (χ3n) is 2.51. The zero-order chi connectivity index (χ0) is 11.4. The van der Waals surface area contributed by atoms with E-state index in [-0.39, 0.29) is 12.0 Å². The smallest absolute Gasteiger partial charge is 0.269 e. The maximum atomic E-state index is 11.2. The van der Waals surface area contributed by atoms with E-state index in [2.05, 4.69) is 15.6 Å². The van der Waals surface area contributed by atoms with Crippen LogP contribution < -0.4 is 15.4 Å². The lowest BCUT2D eigenvalue weighted by atomic mass is 10.3. The molecule has 0 spiro atoms. The number of rotatable bonds is 3. The number of pyridine rings is 1. The predicted molar refractivity (Wildman–Crippen MR) is 59.5 cm³/mol. The highest BCUT2D eigenvalue weighted by atomic mass is 16.5. The van der Waals surface area contributed by atoms with Gasteiger partial charge >= 0.3 is 0 Å².